The number of aromatic nitrogens is 2. The van der Waals surface area contributed by atoms with Crippen molar-refractivity contribution in [2.24, 2.45) is 7.05 Å². The minimum absolute atomic E-state index is 0.131. The molecule has 4 nitrogen and oxygen atoms in total. The SMILES string of the molecule is CC.Cc1c(O)c(N)cc2cn(C)nc12. The number of nitrogen functional groups attached to an aromatic ring is 1. The molecule has 0 fully saturated rings. The van der Waals surface area contributed by atoms with Crippen LogP contribution in [0.15, 0.2) is 12.3 Å². The molecule has 0 aliphatic carbocycles. The molecule has 2 aromatic rings. The van der Waals surface area contributed by atoms with E-state index < -0.39 is 0 Å². The minimum atomic E-state index is 0.131. The predicted octanol–water partition coefficient (Wildman–Crippen LogP) is 2.20. The largest absolute Gasteiger partial charge is 0.505 e. The first-order chi connectivity index (χ1) is 7.09. The van der Waals surface area contributed by atoms with E-state index in [2.05, 4.69) is 5.10 Å². The monoisotopic (exact) mass is 207 g/mol. The second-order valence-corrected chi connectivity index (χ2v) is 3.18. The van der Waals surface area contributed by atoms with E-state index >= 15 is 0 Å². The molecule has 0 amide bonds. The molecule has 0 unspecified atom stereocenters. The van der Waals surface area contributed by atoms with Crippen LogP contribution in [0.3, 0.4) is 0 Å². The van der Waals surface area contributed by atoms with Gasteiger partial charge in [-0.05, 0) is 13.0 Å². The molecule has 3 N–H and O–H groups in total. The number of fused-ring (bicyclic) bond motifs is 1. The lowest BCUT2D eigenvalue weighted by Gasteiger charge is -2.02. The van der Waals surface area contributed by atoms with Gasteiger partial charge >= 0.3 is 0 Å². The number of phenolic OH excluding ortho intramolecular Hbond substituents is 1. The lowest BCUT2D eigenvalue weighted by atomic mass is 10.1. The number of aromatic hydroxyl groups is 1. The van der Waals surface area contributed by atoms with Crippen LogP contribution in [0.25, 0.3) is 10.9 Å². The third kappa shape index (κ3) is 1.88. The number of phenols is 1. The van der Waals surface area contributed by atoms with Gasteiger partial charge in [0.25, 0.3) is 0 Å². The molecule has 0 bridgehead atoms. The van der Waals surface area contributed by atoms with E-state index in [1.54, 1.807) is 17.7 Å². The Bertz CT molecular complexity index is 474. The molecule has 82 valence electrons. The van der Waals surface area contributed by atoms with Crippen molar-refractivity contribution in [2.75, 3.05) is 5.73 Å². The highest BCUT2D eigenvalue weighted by atomic mass is 16.3. The van der Waals surface area contributed by atoms with Gasteiger partial charge in [0.15, 0.2) is 0 Å². The minimum Gasteiger partial charge on any atom is -0.505 e. The van der Waals surface area contributed by atoms with Gasteiger partial charge < -0.3 is 10.8 Å². The highest BCUT2D eigenvalue weighted by Crippen LogP contribution is 2.30. The summed E-state index contributed by atoms with van der Waals surface area (Å²) >= 11 is 0. The number of benzene rings is 1. The van der Waals surface area contributed by atoms with Gasteiger partial charge in [-0.2, -0.15) is 5.10 Å². The van der Waals surface area contributed by atoms with Gasteiger partial charge in [0.1, 0.15) is 5.75 Å². The van der Waals surface area contributed by atoms with Crippen LogP contribution in [0.5, 0.6) is 5.75 Å². The van der Waals surface area contributed by atoms with E-state index in [0.29, 0.717) is 5.69 Å². The van der Waals surface area contributed by atoms with Gasteiger partial charge in [-0.25, -0.2) is 0 Å². The van der Waals surface area contributed by atoms with Crippen molar-refractivity contribution in [1.82, 2.24) is 9.78 Å². The first-order valence-electron chi connectivity index (χ1n) is 5.01. The summed E-state index contributed by atoms with van der Waals surface area (Å²) in [6, 6.07) is 1.73. The number of anilines is 1. The summed E-state index contributed by atoms with van der Waals surface area (Å²) < 4.78 is 1.70. The van der Waals surface area contributed by atoms with E-state index in [1.807, 2.05) is 27.1 Å². The highest BCUT2D eigenvalue weighted by molar-refractivity contribution is 5.88. The summed E-state index contributed by atoms with van der Waals surface area (Å²) in [6.07, 6.45) is 1.87. The molecule has 0 aliphatic heterocycles. The molecule has 2 rings (SSSR count). The fraction of sp³-hybridized carbons (Fsp3) is 0.364. The van der Waals surface area contributed by atoms with Gasteiger partial charge in [-0.1, -0.05) is 13.8 Å². The van der Waals surface area contributed by atoms with Gasteiger partial charge in [-0.3, -0.25) is 4.68 Å². The second-order valence-electron chi connectivity index (χ2n) is 3.18. The number of nitrogens with two attached hydrogens (primary N) is 1. The Balaban J connectivity index is 0.000000531. The van der Waals surface area contributed by atoms with Crippen LogP contribution >= 0.6 is 0 Å². The standard InChI is InChI=1S/C9H11N3O.C2H6/c1-5-8-6(4-12(2)11-8)3-7(10)9(5)13;1-2/h3-4,13H,10H2,1-2H3;1-2H3. The number of nitrogens with zero attached hydrogens (tertiary/aromatic N) is 2. The zero-order chi connectivity index (χ0) is 11.6. The van der Waals surface area contributed by atoms with E-state index in [4.69, 9.17) is 5.73 Å². The molecule has 0 aliphatic rings. The van der Waals surface area contributed by atoms with Crippen LogP contribution in [-0.4, -0.2) is 14.9 Å². The Labute approximate surface area is 89.3 Å². The summed E-state index contributed by atoms with van der Waals surface area (Å²) in [5, 5.41) is 14.7. The number of hydrogen-bond acceptors (Lipinski definition) is 3. The van der Waals surface area contributed by atoms with E-state index in [1.165, 1.54) is 0 Å². The van der Waals surface area contributed by atoms with Crippen molar-refractivity contribution in [1.29, 1.82) is 0 Å². The first kappa shape index (κ1) is 11.4. The van der Waals surface area contributed by atoms with Crippen molar-refractivity contribution < 1.29 is 5.11 Å². The van der Waals surface area contributed by atoms with Crippen LogP contribution in [0.2, 0.25) is 0 Å². The van der Waals surface area contributed by atoms with Gasteiger partial charge in [0.2, 0.25) is 0 Å². The summed E-state index contributed by atoms with van der Waals surface area (Å²) in [4.78, 5) is 0. The Hall–Kier alpha value is -1.71. The van der Waals surface area contributed by atoms with Crippen LogP contribution in [0, 0.1) is 6.92 Å². The van der Waals surface area contributed by atoms with E-state index in [-0.39, 0.29) is 5.75 Å². The fourth-order valence-electron chi connectivity index (χ4n) is 1.47. The zero-order valence-electron chi connectivity index (χ0n) is 9.57. The van der Waals surface area contributed by atoms with Crippen molar-refractivity contribution in [2.45, 2.75) is 20.8 Å². The van der Waals surface area contributed by atoms with Gasteiger partial charge in [0, 0.05) is 24.2 Å². The average Bonchev–Trinajstić information content (AvgIpc) is 2.59. The molecule has 0 radical (unpaired) electrons. The normalized spacial score (nSPS) is 9.87. The number of aryl methyl sites for hydroxylation is 2. The fourth-order valence-corrected chi connectivity index (χ4v) is 1.47. The molecule has 0 spiro atoms. The van der Waals surface area contributed by atoms with Gasteiger partial charge in [0.05, 0.1) is 11.2 Å². The molecule has 0 saturated carbocycles. The summed E-state index contributed by atoms with van der Waals surface area (Å²) in [5.74, 6) is 0.131. The maximum Gasteiger partial charge on any atom is 0.143 e. The maximum atomic E-state index is 9.54. The highest BCUT2D eigenvalue weighted by Gasteiger charge is 2.09. The Morgan fingerprint density at radius 3 is 2.60 bits per heavy atom. The van der Waals surface area contributed by atoms with Crippen LogP contribution in [0.1, 0.15) is 19.4 Å². The molecular formula is C11H17N3O. The van der Waals surface area contributed by atoms with Gasteiger partial charge in [-0.15, -0.1) is 0 Å². The lowest BCUT2D eigenvalue weighted by Crippen LogP contribution is -1.89. The molecular weight excluding hydrogens is 190 g/mol. The molecule has 4 heteroatoms. The Morgan fingerprint density at radius 2 is 2.00 bits per heavy atom. The van der Waals surface area contributed by atoms with E-state index in [0.717, 1.165) is 16.5 Å². The molecule has 1 aromatic heterocycles. The maximum absolute atomic E-state index is 9.54. The van der Waals surface area contributed by atoms with Crippen molar-refractivity contribution in [3.63, 3.8) is 0 Å². The molecule has 1 aromatic carbocycles. The number of rotatable bonds is 0. The topological polar surface area (TPSA) is 64.1 Å². The lowest BCUT2D eigenvalue weighted by molar-refractivity contribution is 0.474. The summed E-state index contributed by atoms with van der Waals surface area (Å²) in [5.41, 5.74) is 7.54. The molecule has 15 heavy (non-hydrogen) atoms. The first-order valence-corrected chi connectivity index (χ1v) is 5.01. The molecule has 0 atom stereocenters. The third-order valence-corrected chi connectivity index (χ3v) is 2.15. The zero-order valence-corrected chi connectivity index (χ0v) is 9.57. The quantitative estimate of drug-likeness (QED) is 0.514. The van der Waals surface area contributed by atoms with Crippen LogP contribution < -0.4 is 5.73 Å². The summed E-state index contributed by atoms with van der Waals surface area (Å²) in [6.45, 7) is 5.81. The number of hydrogen-bond donors (Lipinski definition) is 2. The van der Waals surface area contributed by atoms with Crippen LogP contribution in [-0.2, 0) is 7.05 Å². The van der Waals surface area contributed by atoms with Crippen molar-refractivity contribution in [3.05, 3.63) is 17.8 Å². The summed E-state index contributed by atoms with van der Waals surface area (Å²) in [7, 11) is 1.84. The molecule has 1 heterocycles. The van der Waals surface area contributed by atoms with E-state index in [9.17, 15) is 5.11 Å². The Morgan fingerprint density at radius 1 is 1.40 bits per heavy atom. The van der Waals surface area contributed by atoms with Crippen molar-refractivity contribution in [3.8, 4) is 5.75 Å². The second kappa shape index (κ2) is 4.21. The average molecular weight is 207 g/mol. The Kier molecular flexibility index (Phi) is 3.19. The predicted molar refractivity (Wildman–Crippen MR) is 62.9 cm³/mol. The van der Waals surface area contributed by atoms with Crippen molar-refractivity contribution >= 4 is 16.6 Å². The van der Waals surface area contributed by atoms with Crippen LogP contribution in [0.4, 0.5) is 5.69 Å². The smallest absolute Gasteiger partial charge is 0.143 e. The third-order valence-electron chi connectivity index (χ3n) is 2.15. The molecule has 0 saturated heterocycles.